The normalized spacial score (nSPS) is 11.6. The second-order valence-electron chi connectivity index (χ2n) is 4.67. The zero-order valence-electron chi connectivity index (χ0n) is 11.8. The monoisotopic (exact) mass is 312 g/mol. The molecule has 0 bridgehead atoms. The molecule has 2 rings (SSSR count). The third kappa shape index (κ3) is 3.80. The largest absolute Gasteiger partial charge is 0.336 e. The number of carbonyl (C=O) groups is 1. The highest BCUT2D eigenvalue weighted by molar-refractivity contribution is 5.93. The molecule has 0 aliphatic heterocycles. The zero-order valence-corrected chi connectivity index (χ0v) is 12.7. The average molecular weight is 313 g/mol. The lowest BCUT2D eigenvalue weighted by molar-refractivity contribution is 0.0742. The Hall–Kier alpha value is -1.92. The van der Waals surface area contributed by atoms with E-state index in [9.17, 15) is 9.18 Å². The first kappa shape index (κ1) is 17.1. The minimum atomic E-state index is -0.308. The van der Waals surface area contributed by atoms with Crippen LogP contribution in [0.25, 0.3) is 11.3 Å². The van der Waals surface area contributed by atoms with Crippen LogP contribution in [0.2, 0.25) is 0 Å². The van der Waals surface area contributed by atoms with Gasteiger partial charge in [-0.25, -0.2) is 4.39 Å². The van der Waals surface area contributed by atoms with E-state index in [1.807, 2.05) is 6.92 Å². The van der Waals surface area contributed by atoms with Crippen LogP contribution in [-0.2, 0) is 0 Å². The Balaban J connectivity index is 0.00000220. The van der Waals surface area contributed by atoms with Gasteiger partial charge in [-0.2, -0.15) is 5.10 Å². The predicted molar refractivity (Wildman–Crippen MR) is 81.8 cm³/mol. The van der Waals surface area contributed by atoms with Crippen LogP contribution >= 0.6 is 12.4 Å². The van der Waals surface area contributed by atoms with Crippen molar-refractivity contribution in [1.29, 1.82) is 0 Å². The summed E-state index contributed by atoms with van der Waals surface area (Å²) < 4.78 is 12.9. The number of nitrogens with zero attached hydrogens (tertiary/aromatic N) is 2. The van der Waals surface area contributed by atoms with Gasteiger partial charge >= 0.3 is 0 Å². The van der Waals surface area contributed by atoms with Gasteiger partial charge in [0, 0.05) is 25.2 Å². The molecule has 1 amide bonds. The number of nitrogens with one attached hydrogen (secondary N) is 1. The summed E-state index contributed by atoms with van der Waals surface area (Å²) in [7, 11) is 1.69. The molecule has 0 fully saturated rings. The van der Waals surface area contributed by atoms with E-state index in [0.717, 1.165) is 5.56 Å². The van der Waals surface area contributed by atoms with E-state index < -0.39 is 0 Å². The molecule has 3 N–H and O–H groups in total. The van der Waals surface area contributed by atoms with Crippen molar-refractivity contribution in [3.63, 3.8) is 0 Å². The van der Waals surface area contributed by atoms with Gasteiger partial charge in [0.25, 0.3) is 5.91 Å². The van der Waals surface area contributed by atoms with Gasteiger partial charge in [-0.15, -0.1) is 12.4 Å². The van der Waals surface area contributed by atoms with Crippen LogP contribution < -0.4 is 5.73 Å². The summed E-state index contributed by atoms with van der Waals surface area (Å²) in [5.74, 6) is -0.485. The minimum Gasteiger partial charge on any atom is -0.336 e. The number of hydrogen-bond donors (Lipinski definition) is 2. The van der Waals surface area contributed by atoms with Gasteiger partial charge in [0.15, 0.2) is 0 Å². The molecule has 7 heteroatoms. The maximum absolute atomic E-state index is 12.9. The third-order valence-electron chi connectivity index (χ3n) is 3.27. The molecule has 2 aromatic rings. The number of rotatable bonds is 4. The average Bonchev–Trinajstić information content (AvgIpc) is 2.95. The standard InChI is InChI=1S/C14H17FN4O.ClH/c1-9(8-16)19(2)14(20)13-7-12(17-18-13)10-3-5-11(15)6-4-10;/h3-7,9H,8,16H2,1-2H3,(H,17,18);1H. The molecule has 5 nitrogen and oxygen atoms in total. The second kappa shape index (κ2) is 7.19. The summed E-state index contributed by atoms with van der Waals surface area (Å²) in [6.07, 6.45) is 0. The van der Waals surface area contributed by atoms with Gasteiger partial charge < -0.3 is 10.6 Å². The van der Waals surface area contributed by atoms with E-state index in [2.05, 4.69) is 10.2 Å². The number of nitrogens with two attached hydrogens (primary N) is 1. The van der Waals surface area contributed by atoms with Crippen LogP contribution in [0.4, 0.5) is 4.39 Å². The zero-order chi connectivity index (χ0) is 14.7. The fourth-order valence-electron chi connectivity index (χ4n) is 1.75. The highest BCUT2D eigenvalue weighted by atomic mass is 35.5. The summed E-state index contributed by atoms with van der Waals surface area (Å²) in [4.78, 5) is 13.7. The van der Waals surface area contributed by atoms with Crippen molar-refractivity contribution < 1.29 is 9.18 Å². The number of benzene rings is 1. The van der Waals surface area contributed by atoms with E-state index >= 15 is 0 Å². The van der Waals surface area contributed by atoms with Crippen LogP contribution in [0, 0.1) is 5.82 Å². The SMILES string of the molecule is CC(CN)N(C)C(=O)c1cc(-c2ccc(F)cc2)n[nH]1.Cl. The quantitative estimate of drug-likeness (QED) is 0.907. The first-order valence-corrected chi connectivity index (χ1v) is 6.31. The maximum Gasteiger partial charge on any atom is 0.271 e. The van der Waals surface area contributed by atoms with E-state index in [1.165, 1.54) is 12.1 Å². The molecular formula is C14H18ClFN4O. The van der Waals surface area contributed by atoms with Crippen molar-refractivity contribution in [3.05, 3.63) is 41.8 Å². The van der Waals surface area contributed by atoms with Crippen LogP contribution in [-0.4, -0.2) is 40.6 Å². The molecule has 1 aromatic heterocycles. The van der Waals surface area contributed by atoms with E-state index in [0.29, 0.717) is 17.9 Å². The molecule has 1 heterocycles. The first-order chi connectivity index (χ1) is 9.52. The van der Waals surface area contributed by atoms with Crippen LogP contribution in [0.5, 0.6) is 0 Å². The minimum absolute atomic E-state index is 0. The predicted octanol–water partition coefficient (Wildman–Crippen LogP) is 2.06. The molecule has 1 unspecified atom stereocenters. The molecule has 1 atom stereocenters. The number of likely N-dealkylation sites (N-methyl/N-ethyl adjacent to an activating group) is 1. The molecule has 0 spiro atoms. The summed E-state index contributed by atoms with van der Waals surface area (Å²) in [5, 5.41) is 6.78. The van der Waals surface area contributed by atoms with Crippen LogP contribution in [0.3, 0.4) is 0 Å². The Morgan fingerprint density at radius 2 is 2.05 bits per heavy atom. The smallest absolute Gasteiger partial charge is 0.271 e. The molecule has 114 valence electrons. The molecule has 1 aromatic carbocycles. The second-order valence-corrected chi connectivity index (χ2v) is 4.67. The van der Waals surface area contributed by atoms with Gasteiger partial charge in [0.2, 0.25) is 0 Å². The van der Waals surface area contributed by atoms with Crippen molar-refractivity contribution >= 4 is 18.3 Å². The molecule has 0 aliphatic carbocycles. The lowest BCUT2D eigenvalue weighted by Gasteiger charge is -2.22. The molecule has 0 saturated carbocycles. The summed E-state index contributed by atoms with van der Waals surface area (Å²) in [6, 6.07) is 7.54. The van der Waals surface area contributed by atoms with Crippen molar-refractivity contribution in [2.24, 2.45) is 5.73 Å². The number of H-pyrrole nitrogens is 1. The van der Waals surface area contributed by atoms with Crippen LogP contribution in [0.15, 0.2) is 30.3 Å². The maximum atomic E-state index is 12.9. The fourth-order valence-corrected chi connectivity index (χ4v) is 1.75. The Morgan fingerprint density at radius 1 is 1.43 bits per heavy atom. The van der Waals surface area contributed by atoms with E-state index in [-0.39, 0.29) is 30.2 Å². The van der Waals surface area contributed by atoms with Gasteiger partial charge in [-0.1, -0.05) is 0 Å². The van der Waals surface area contributed by atoms with Gasteiger partial charge in [-0.3, -0.25) is 9.89 Å². The number of aromatic nitrogens is 2. The lowest BCUT2D eigenvalue weighted by Crippen LogP contribution is -2.39. The topological polar surface area (TPSA) is 75.0 Å². The summed E-state index contributed by atoms with van der Waals surface area (Å²) in [6.45, 7) is 2.26. The molecule has 0 aliphatic rings. The van der Waals surface area contributed by atoms with E-state index in [1.54, 1.807) is 30.1 Å². The number of halogens is 2. The van der Waals surface area contributed by atoms with Crippen molar-refractivity contribution in [3.8, 4) is 11.3 Å². The van der Waals surface area contributed by atoms with Crippen molar-refractivity contribution in [1.82, 2.24) is 15.1 Å². The molecule has 0 radical (unpaired) electrons. The van der Waals surface area contributed by atoms with Gasteiger partial charge in [-0.05, 0) is 37.3 Å². The summed E-state index contributed by atoms with van der Waals surface area (Å²) >= 11 is 0. The van der Waals surface area contributed by atoms with Crippen molar-refractivity contribution in [2.45, 2.75) is 13.0 Å². The molecular weight excluding hydrogens is 295 g/mol. The third-order valence-corrected chi connectivity index (χ3v) is 3.27. The lowest BCUT2D eigenvalue weighted by atomic mass is 10.1. The van der Waals surface area contributed by atoms with Gasteiger partial charge in [0.05, 0.1) is 5.69 Å². The number of amides is 1. The Labute approximate surface area is 128 Å². The van der Waals surface area contributed by atoms with Gasteiger partial charge in [0.1, 0.15) is 11.5 Å². The number of aromatic amines is 1. The first-order valence-electron chi connectivity index (χ1n) is 6.31. The Kier molecular flexibility index (Phi) is 5.87. The highest BCUT2D eigenvalue weighted by Crippen LogP contribution is 2.18. The summed E-state index contributed by atoms with van der Waals surface area (Å²) in [5.41, 5.74) is 7.27. The van der Waals surface area contributed by atoms with E-state index in [4.69, 9.17) is 5.73 Å². The number of carbonyl (C=O) groups excluding carboxylic acids is 1. The Morgan fingerprint density at radius 3 is 2.62 bits per heavy atom. The highest BCUT2D eigenvalue weighted by Gasteiger charge is 2.18. The molecule has 0 saturated heterocycles. The Bertz CT molecular complexity index is 599. The number of hydrogen-bond acceptors (Lipinski definition) is 3. The molecule has 21 heavy (non-hydrogen) atoms. The fraction of sp³-hybridized carbons (Fsp3) is 0.286. The van der Waals surface area contributed by atoms with Crippen LogP contribution in [0.1, 0.15) is 17.4 Å². The van der Waals surface area contributed by atoms with Crippen molar-refractivity contribution in [2.75, 3.05) is 13.6 Å².